The number of ether oxygens (including phenoxy) is 1. The molecule has 0 radical (unpaired) electrons. The van der Waals surface area contributed by atoms with Gasteiger partial charge in [0.15, 0.2) is 0 Å². The van der Waals surface area contributed by atoms with Gasteiger partial charge in [-0.1, -0.05) is 25.0 Å². The molecule has 0 unspecified atom stereocenters. The predicted molar refractivity (Wildman–Crippen MR) is 117 cm³/mol. The van der Waals surface area contributed by atoms with E-state index in [1.54, 1.807) is 6.20 Å². The summed E-state index contributed by atoms with van der Waals surface area (Å²) < 4.78 is 45.9. The van der Waals surface area contributed by atoms with Crippen molar-refractivity contribution in [2.75, 3.05) is 39.4 Å². The summed E-state index contributed by atoms with van der Waals surface area (Å²) >= 11 is 0. The van der Waals surface area contributed by atoms with Crippen LogP contribution in [-0.2, 0) is 28.8 Å². The number of nitrogens with zero attached hydrogens (tertiary/aromatic N) is 4. The Hall–Kier alpha value is -2.39. The maximum Gasteiger partial charge on any atom is 0.416 e. The molecule has 33 heavy (non-hydrogen) atoms. The molecular weight excluding hydrogens is 433 g/mol. The van der Waals surface area contributed by atoms with Gasteiger partial charge in [-0.2, -0.15) is 13.2 Å². The average molecular weight is 465 g/mol. The highest BCUT2D eigenvalue weighted by Crippen LogP contribution is 2.29. The number of halogens is 3. The van der Waals surface area contributed by atoms with Crippen LogP contribution < -0.4 is 0 Å². The van der Waals surface area contributed by atoms with Gasteiger partial charge in [0, 0.05) is 51.0 Å². The highest BCUT2D eigenvalue weighted by atomic mass is 19.4. The fourth-order valence-corrected chi connectivity index (χ4v) is 4.59. The molecule has 1 amide bonds. The normalized spacial score (nSPS) is 18.0. The summed E-state index contributed by atoms with van der Waals surface area (Å²) in [6.45, 7) is 5.39. The lowest BCUT2D eigenvalue weighted by atomic mass is 10.1. The molecule has 9 heteroatoms. The molecule has 0 bridgehead atoms. The first-order valence-corrected chi connectivity index (χ1v) is 11.6. The van der Waals surface area contributed by atoms with Gasteiger partial charge in [-0.05, 0) is 30.5 Å². The van der Waals surface area contributed by atoms with Crippen LogP contribution in [0.4, 0.5) is 13.2 Å². The molecule has 0 spiro atoms. The number of aromatic nitrogens is 2. The SMILES string of the molecule is O=C(C1CCCC1)N(CCN1CCOCC1)Cc1nccn1Cc1ccc(C(F)(F)F)cc1. The van der Waals surface area contributed by atoms with E-state index in [4.69, 9.17) is 4.74 Å². The zero-order valence-electron chi connectivity index (χ0n) is 18.8. The second-order valence-electron chi connectivity index (χ2n) is 8.86. The molecule has 1 aromatic carbocycles. The summed E-state index contributed by atoms with van der Waals surface area (Å²) in [6.07, 6.45) is 3.21. The molecule has 2 fully saturated rings. The molecular formula is C24H31F3N4O2. The third kappa shape index (κ3) is 6.35. The average Bonchev–Trinajstić information content (AvgIpc) is 3.49. The molecule has 1 aromatic heterocycles. The number of rotatable bonds is 8. The zero-order chi connectivity index (χ0) is 23.3. The molecule has 180 valence electrons. The summed E-state index contributed by atoms with van der Waals surface area (Å²) in [5.41, 5.74) is 0.0952. The minimum Gasteiger partial charge on any atom is -0.379 e. The molecule has 0 N–H and O–H groups in total. The van der Waals surface area contributed by atoms with E-state index in [0.29, 0.717) is 32.8 Å². The van der Waals surface area contributed by atoms with Crippen molar-refractivity contribution < 1.29 is 22.7 Å². The van der Waals surface area contributed by atoms with E-state index in [1.807, 2.05) is 15.7 Å². The Morgan fingerprint density at radius 1 is 1.12 bits per heavy atom. The zero-order valence-corrected chi connectivity index (χ0v) is 18.8. The maximum atomic E-state index is 13.3. The van der Waals surface area contributed by atoms with Crippen molar-refractivity contribution in [2.24, 2.45) is 5.92 Å². The van der Waals surface area contributed by atoms with Crippen LogP contribution >= 0.6 is 0 Å². The number of hydrogen-bond donors (Lipinski definition) is 0. The summed E-state index contributed by atoms with van der Waals surface area (Å²) in [4.78, 5) is 22.0. The smallest absolute Gasteiger partial charge is 0.379 e. The van der Waals surface area contributed by atoms with Gasteiger partial charge in [0.25, 0.3) is 0 Å². The molecule has 0 atom stereocenters. The Morgan fingerprint density at radius 2 is 1.82 bits per heavy atom. The number of morpholine rings is 1. The number of amides is 1. The van der Waals surface area contributed by atoms with Crippen LogP contribution in [0.25, 0.3) is 0 Å². The second kappa shape index (κ2) is 10.7. The minimum absolute atomic E-state index is 0.0769. The molecule has 6 nitrogen and oxygen atoms in total. The van der Waals surface area contributed by atoms with E-state index in [0.717, 1.165) is 68.8 Å². The number of carbonyl (C=O) groups is 1. The highest BCUT2D eigenvalue weighted by molar-refractivity contribution is 5.79. The van der Waals surface area contributed by atoms with Crippen LogP contribution in [0.5, 0.6) is 0 Å². The summed E-state index contributed by atoms with van der Waals surface area (Å²) in [7, 11) is 0. The first kappa shape index (κ1) is 23.8. The van der Waals surface area contributed by atoms with Gasteiger partial charge in [0.1, 0.15) is 5.82 Å². The molecule has 1 saturated heterocycles. The van der Waals surface area contributed by atoms with Crippen LogP contribution in [0.3, 0.4) is 0 Å². The Bertz CT molecular complexity index is 901. The Labute approximate surface area is 192 Å². The largest absolute Gasteiger partial charge is 0.416 e. The molecule has 2 aromatic rings. The van der Waals surface area contributed by atoms with Crippen molar-refractivity contribution in [1.29, 1.82) is 0 Å². The number of imidazole rings is 1. The van der Waals surface area contributed by atoms with Crippen molar-refractivity contribution in [2.45, 2.75) is 44.9 Å². The van der Waals surface area contributed by atoms with Crippen molar-refractivity contribution in [3.63, 3.8) is 0 Å². The van der Waals surface area contributed by atoms with Gasteiger partial charge in [-0.25, -0.2) is 4.98 Å². The van der Waals surface area contributed by atoms with Crippen LogP contribution in [0.1, 0.15) is 42.6 Å². The first-order chi connectivity index (χ1) is 15.9. The lowest BCUT2D eigenvalue weighted by Gasteiger charge is -2.31. The van der Waals surface area contributed by atoms with Crippen molar-refractivity contribution >= 4 is 5.91 Å². The quantitative estimate of drug-likeness (QED) is 0.596. The summed E-state index contributed by atoms with van der Waals surface area (Å²) in [5.74, 6) is 1.00. The number of hydrogen-bond acceptors (Lipinski definition) is 4. The van der Waals surface area contributed by atoms with Gasteiger partial charge < -0.3 is 14.2 Å². The summed E-state index contributed by atoms with van der Waals surface area (Å²) in [5, 5.41) is 0. The summed E-state index contributed by atoms with van der Waals surface area (Å²) in [6, 6.07) is 5.19. The standard InChI is InChI=1S/C24H31F3N4O2/c25-24(26,27)21-7-5-19(6-8-21)17-30-10-9-28-22(30)18-31(23(32)20-3-1-2-4-20)12-11-29-13-15-33-16-14-29/h5-10,20H,1-4,11-18H2. The monoisotopic (exact) mass is 464 g/mol. The van der Waals surface area contributed by atoms with Crippen molar-refractivity contribution in [3.8, 4) is 0 Å². The number of alkyl halides is 3. The van der Waals surface area contributed by atoms with E-state index < -0.39 is 11.7 Å². The minimum atomic E-state index is -4.35. The van der Waals surface area contributed by atoms with Gasteiger partial charge in [0.2, 0.25) is 5.91 Å². The Morgan fingerprint density at radius 3 is 2.48 bits per heavy atom. The molecule has 1 saturated carbocycles. The third-order valence-electron chi connectivity index (χ3n) is 6.57. The van der Waals surface area contributed by atoms with Crippen LogP contribution in [0.2, 0.25) is 0 Å². The van der Waals surface area contributed by atoms with Gasteiger partial charge in [-0.15, -0.1) is 0 Å². The van der Waals surface area contributed by atoms with E-state index in [9.17, 15) is 18.0 Å². The number of benzene rings is 1. The van der Waals surface area contributed by atoms with E-state index in [1.165, 1.54) is 12.1 Å². The van der Waals surface area contributed by atoms with Crippen LogP contribution in [0, 0.1) is 5.92 Å². The lowest BCUT2D eigenvalue weighted by Crippen LogP contribution is -2.44. The number of carbonyl (C=O) groups excluding carboxylic acids is 1. The first-order valence-electron chi connectivity index (χ1n) is 11.6. The van der Waals surface area contributed by atoms with Crippen LogP contribution in [-0.4, -0.2) is 64.7 Å². The topological polar surface area (TPSA) is 50.6 Å². The Balaban J connectivity index is 1.44. The maximum absolute atomic E-state index is 13.3. The van der Waals surface area contributed by atoms with Gasteiger partial charge in [0.05, 0.1) is 25.3 Å². The fraction of sp³-hybridized carbons (Fsp3) is 0.583. The van der Waals surface area contributed by atoms with Gasteiger partial charge >= 0.3 is 6.18 Å². The molecule has 2 heterocycles. The molecule has 4 rings (SSSR count). The van der Waals surface area contributed by atoms with Crippen molar-refractivity contribution in [1.82, 2.24) is 19.4 Å². The Kier molecular flexibility index (Phi) is 7.70. The van der Waals surface area contributed by atoms with Crippen molar-refractivity contribution in [3.05, 3.63) is 53.6 Å². The fourth-order valence-electron chi connectivity index (χ4n) is 4.59. The second-order valence-corrected chi connectivity index (χ2v) is 8.86. The third-order valence-corrected chi connectivity index (χ3v) is 6.57. The molecule has 2 aliphatic rings. The molecule has 1 aliphatic carbocycles. The predicted octanol–water partition coefficient (Wildman–Crippen LogP) is 3.80. The highest BCUT2D eigenvalue weighted by Gasteiger charge is 2.30. The van der Waals surface area contributed by atoms with E-state index >= 15 is 0 Å². The lowest BCUT2D eigenvalue weighted by molar-refractivity contribution is -0.138. The van der Waals surface area contributed by atoms with Crippen LogP contribution in [0.15, 0.2) is 36.7 Å². The molecule has 1 aliphatic heterocycles. The van der Waals surface area contributed by atoms with E-state index in [-0.39, 0.29) is 11.8 Å². The van der Waals surface area contributed by atoms with Gasteiger partial charge in [-0.3, -0.25) is 9.69 Å². The van der Waals surface area contributed by atoms with E-state index in [2.05, 4.69) is 9.88 Å².